The van der Waals surface area contributed by atoms with Crippen LogP contribution < -0.4 is 5.32 Å². The molecule has 1 atom stereocenters. The lowest BCUT2D eigenvalue weighted by Crippen LogP contribution is -2.40. The molecule has 2 N–H and O–H groups in total. The first kappa shape index (κ1) is 15.3. The lowest BCUT2D eigenvalue weighted by Gasteiger charge is -2.32. The van der Waals surface area contributed by atoms with Gasteiger partial charge in [-0.1, -0.05) is 12.1 Å². The highest BCUT2D eigenvalue weighted by molar-refractivity contribution is 7.89. The van der Waals surface area contributed by atoms with Gasteiger partial charge in [0, 0.05) is 26.7 Å². The predicted octanol–water partition coefficient (Wildman–Crippen LogP) is 1.51. The number of anilines is 1. The van der Waals surface area contributed by atoms with Gasteiger partial charge in [-0.15, -0.1) is 0 Å². The minimum atomic E-state index is -3.47. The summed E-state index contributed by atoms with van der Waals surface area (Å²) in [6.45, 7) is 1.18. The Morgan fingerprint density at radius 3 is 2.85 bits per heavy atom. The summed E-state index contributed by atoms with van der Waals surface area (Å²) in [5.41, 5.74) is 0.622. The number of hydrogen-bond donors (Lipinski definition) is 2. The van der Waals surface area contributed by atoms with Crippen LogP contribution in [0.1, 0.15) is 19.3 Å². The van der Waals surface area contributed by atoms with Crippen molar-refractivity contribution in [1.82, 2.24) is 4.31 Å². The van der Waals surface area contributed by atoms with Crippen molar-refractivity contribution in [2.24, 2.45) is 5.92 Å². The van der Waals surface area contributed by atoms with E-state index in [-0.39, 0.29) is 12.5 Å². The fraction of sp³-hybridized carbons (Fsp3) is 0.571. The predicted molar refractivity (Wildman–Crippen MR) is 79.2 cm³/mol. The van der Waals surface area contributed by atoms with E-state index in [0.717, 1.165) is 12.8 Å². The van der Waals surface area contributed by atoms with Crippen molar-refractivity contribution in [3.8, 4) is 0 Å². The van der Waals surface area contributed by atoms with Crippen LogP contribution in [-0.2, 0) is 10.0 Å². The van der Waals surface area contributed by atoms with Gasteiger partial charge in [-0.05, 0) is 37.3 Å². The number of para-hydroxylation sites is 1. The van der Waals surface area contributed by atoms with Crippen LogP contribution in [0.25, 0.3) is 0 Å². The van der Waals surface area contributed by atoms with Gasteiger partial charge in [-0.2, -0.15) is 4.31 Å². The summed E-state index contributed by atoms with van der Waals surface area (Å²) in [5, 5.41) is 12.0. The number of sulfonamides is 1. The van der Waals surface area contributed by atoms with E-state index >= 15 is 0 Å². The number of nitrogens with one attached hydrogen (secondary N) is 1. The van der Waals surface area contributed by atoms with Crippen LogP contribution in [0.5, 0.6) is 0 Å². The van der Waals surface area contributed by atoms with Crippen LogP contribution in [-0.4, -0.2) is 44.6 Å². The van der Waals surface area contributed by atoms with Crippen LogP contribution in [0.4, 0.5) is 5.69 Å². The molecule has 1 unspecified atom stereocenters. The molecule has 0 aromatic heterocycles. The fourth-order valence-corrected chi connectivity index (χ4v) is 4.45. The van der Waals surface area contributed by atoms with Crippen molar-refractivity contribution in [3.05, 3.63) is 24.3 Å². The lowest BCUT2D eigenvalue weighted by atomic mass is 9.97. The summed E-state index contributed by atoms with van der Waals surface area (Å²) in [5.74, 6) is 0.255. The zero-order valence-electron chi connectivity index (χ0n) is 11.7. The molecule has 0 bridgehead atoms. The van der Waals surface area contributed by atoms with E-state index in [1.165, 1.54) is 0 Å². The molecule has 1 saturated heterocycles. The second-order valence-corrected chi connectivity index (χ2v) is 7.04. The monoisotopic (exact) mass is 298 g/mol. The molecule has 0 saturated carbocycles. The van der Waals surface area contributed by atoms with Gasteiger partial charge in [0.2, 0.25) is 10.0 Å². The average Bonchev–Trinajstić information content (AvgIpc) is 2.48. The van der Waals surface area contributed by atoms with E-state index in [0.29, 0.717) is 30.1 Å². The quantitative estimate of drug-likeness (QED) is 0.864. The molecule has 0 spiro atoms. The van der Waals surface area contributed by atoms with Gasteiger partial charge in [0.05, 0.1) is 5.69 Å². The molecule has 6 heteroatoms. The Labute approximate surface area is 120 Å². The molecule has 1 aliphatic rings. The first-order valence-electron chi connectivity index (χ1n) is 6.97. The molecular weight excluding hydrogens is 276 g/mol. The number of aliphatic hydroxyl groups excluding tert-OH is 1. The molecule has 1 aromatic rings. The maximum absolute atomic E-state index is 12.7. The number of rotatable bonds is 5. The molecule has 1 aliphatic heterocycles. The van der Waals surface area contributed by atoms with Crippen molar-refractivity contribution in [2.45, 2.75) is 24.2 Å². The maximum atomic E-state index is 12.7. The Hall–Kier alpha value is -1.11. The molecule has 112 valence electrons. The van der Waals surface area contributed by atoms with Crippen molar-refractivity contribution >= 4 is 15.7 Å². The summed E-state index contributed by atoms with van der Waals surface area (Å²) in [6, 6.07) is 6.96. The van der Waals surface area contributed by atoms with Crippen molar-refractivity contribution in [2.75, 3.05) is 32.1 Å². The maximum Gasteiger partial charge on any atom is 0.245 e. The third-order valence-corrected chi connectivity index (χ3v) is 5.72. The summed E-state index contributed by atoms with van der Waals surface area (Å²) >= 11 is 0. The first-order valence-corrected chi connectivity index (χ1v) is 8.41. The third-order valence-electron chi connectivity index (χ3n) is 3.79. The number of nitrogens with zero attached hydrogens (tertiary/aromatic N) is 1. The average molecular weight is 298 g/mol. The molecule has 0 aliphatic carbocycles. The Balaban J connectivity index is 2.25. The van der Waals surface area contributed by atoms with Crippen LogP contribution in [0, 0.1) is 5.92 Å². The highest BCUT2D eigenvalue weighted by Gasteiger charge is 2.31. The fourth-order valence-electron chi connectivity index (χ4n) is 2.70. The summed E-state index contributed by atoms with van der Waals surface area (Å²) in [4.78, 5) is 0.326. The smallest absolute Gasteiger partial charge is 0.245 e. The van der Waals surface area contributed by atoms with Gasteiger partial charge < -0.3 is 10.4 Å². The van der Waals surface area contributed by atoms with E-state index < -0.39 is 10.0 Å². The summed E-state index contributed by atoms with van der Waals surface area (Å²) in [6.07, 6.45) is 2.51. The van der Waals surface area contributed by atoms with Gasteiger partial charge in [-0.25, -0.2) is 8.42 Å². The van der Waals surface area contributed by atoms with Gasteiger partial charge >= 0.3 is 0 Å². The SMILES string of the molecule is CNc1ccccc1S(=O)(=O)N1CCCC(CCO)C1. The van der Waals surface area contributed by atoms with Gasteiger partial charge in [-0.3, -0.25) is 0 Å². The Bertz CT molecular complexity index is 543. The Kier molecular flexibility index (Phi) is 5.01. The Morgan fingerprint density at radius 1 is 1.40 bits per heavy atom. The van der Waals surface area contributed by atoms with Crippen LogP contribution in [0.2, 0.25) is 0 Å². The summed E-state index contributed by atoms with van der Waals surface area (Å²) in [7, 11) is -1.75. The zero-order chi connectivity index (χ0) is 14.6. The normalized spacial score (nSPS) is 20.8. The topological polar surface area (TPSA) is 69.6 Å². The van der Waals surface area contributed by atoms with Gasteiger partial charge in [0.1, 0.15) is 4.90 Å². The Morgan fingerprint density at radius 2 is 2.15 bits per heavy atom. The molecule has 1 aromatic carbocycles. The van der Waals surface area contributed by atoms with Crippen LogP contribution in [0.3, 0.4) is 0 Å². The lowest BCUT2D eigenvalue weighted by molar-refractivity contribution is 0.203. The number of piperidine rings is 1. The third kappa shape index (κ3) is 3.13. The molecule has 20 heavy (non-hydrogen) atoms. The van der Waals surface area contributed by atoms with E-state index in [9.17, 15) is 8.42 Å². The number of benzene rings is 1. The number of hydrogen-bond acceptors (Lipinski definition) is 4. The van der Waals surface area contributed by atoms with E-state index in [4.69, 9.17) is 5.11 Å². The van der Waals surface area contributed by atoms with Gasteiger partial charge in [0.25, 0.3) is 0 Å². The largest absolute Gasteiger partial charge is 0.396 e. The standard InChI is InChI=1S/C14H22N2O3S/c1-15-13-6-2-3-7-14(13)20(18,19)16-9-4-5-12(11-16)8-10-17/h2-3,6-7,12,15,17H,4-5,8-11H2,1H3. The van der Waals surface area contributed by atoms with Crippen molar-refractivity contribution in [3.63, 3.8) is 0 Å². The molecular formula is C14H22N2O3S. The first-order chi connectivity index (χ1) is 9.59. The zero-order valence-corrected chi connectivity index (χ0v) is 12.6. The van der Waals surface area contributed by atoms with Crippen molar-refractivity contribution in [1.29, 1.82) is 0 Å². The second-order valence-electron chi connectivity index (χ2n) is 5.13. The van der Waals surface area contributed by atoms with E-state index in [2.05, 4.69) is 5.32 Å². The highest BCUT2D eigenvalue weighted by Crippen LogP contribution is 2.28. The minimum absolute atomic E-state index is 0.117. The van der Waals surface area contributed by atoms with E-state index in [1.807, 2.05) is 6.07 Å². The van der Waals surface area contributed by atoms with Gasteiger partial charge in [0.15, 0.2) is 0 Å². The van der Waals surface area contributed by atoms with Crippen LogP contribution in [0.15, 0.2) is 29.2 Å². The highest BCUT2D eigenvalue weighted by atomic mass is 32.2. The minimum Gasteiger partial charge on any atom is -0.396 e. The molecule has 1 fully saturated rings. The summed E-state index contributed by atoms with van der Waals surface area (Å²) < 4.78 is 27.0. The van der Waals surface area contributed by atoms with E-state index in [1.54, 1.807) is 29.6 Å². The molecule has 0 amide bonds. The molecule has 5 nitrogen and oxygen atoms in total. The number of aliphatic hydroxyl groups is 1. The molecule has 2 rings (SSSR count). The van der Waals surface area contributed by atoms with Crippen LogP contribution >= 0.6 is 0 Å². The van der Waals surface area contributed by atoms with Crippen molar-refractivity contribution < 1.29 is 13.5 Å². The molecule has 1 heterocycles. The molecule has 0 radical (unpaired) electrons. The second kappa shape index (κ2) is 6.56.